The summed E-state index contributed by atoms with van der Waals surface area (Å²) in [6, 6.07) is 0. The molecule has 3 heteroatoms. The van der Waals surface area contributed by atoms with Gasteiger partial charge in [-0.15, -0.1) is 0 Å². The molecule has 0 saturated heterocycles. The highest BCUT2D eigenvalue weighted by atomic mass is 16.4. The van der Waals surface area contributed by atoms with Crippen LogP contribution in [-0.4, -0.2) is 17.4 Å². The minimum Gasteiger partial charge on any atom is -0.441 e. The molecule has 0 radical (unpaired) electrons. The van der Waals surface area contributed by atoms with Crippen molar-refractivity contribution in [3.63, 3.8) is 0 Å². The van der Waals surface area contributed by atoms with E-state index >= 15 is 0 Å². The highest BCUT2D eigenvalue weighted by Gasteiger charge is 2.10. The molecule has 0 spiro atoms. The third kappa shape index (κ3) is 1.02. The third-order valence-electron chi connectivity index (χ3n) is 1.40. The van der Waals surface area contributed by atoms with Crippen LogP contribution in [0.5, 0.6) is 0 Å². The van der Waals surface area contributed by atoms with E-state index in [1.54, 1.807) is 12.4 Å². The fraction of sp³-hybridized carbons (Fsp3) is 0.125. The van der Waals surface area contributed by atoms with Crippen LogP contribution >= 0.6 is 0 Å². The molecule has 0 N–H and O–H groups in total. The van der Waals surface area contributed by atoms with Crippen molar-refractivity contribution in [2.24, 2.45) is 0 Å². The first-order chi connectivity index (χ1) is 5.36. The minimum absolute atomic E-state index is 0.674. The van der Waals surface area contributed by atoms with Crippen LogP contribution < -0.4 is 4.67 Å². The van der Waals surface area contributed by atoms with Crippen molar-refractivity contribution >= 4 is 18.5 Å². The van der Waals surface area contributed by atoms with Gasteiger partial charge in [0.15, 0.2) is 17.3 Å². The summed E-state index contributed by atoms with van der Waals surface area (Å²) in [4.78, 5) is 4.12. The Hall–Kier alpha value is -1.60. The SMILES string of the molecule is Cc1nc2c(o1)C=CC=[N+]=C2. The first-order valence-corrected chi connectivity index (χ1v) is 3.37. The normalized spacial score (nSPS) is 13.2. The molecular formula is C8H7N2O+. The van der Waals surface area contributed by atoms with Gasteiger partial charge >= 0.3 is 6.21 Å². The van der Waals surface area contributed by atoms with Crippen molar-refractivity contribution in [1.82, 2.24) is 9.65 Å². The van der Waals surface area contributed by atoms with E-state index in [1.165, 1.54) is 0 Å². The van der Waals surface area contributed by atoms with Crippen molar-refractivity contribution in [2.45, 2.75) is 6.92 Å². The van der Waals surface area contributed by atoms with Gasteiger partial charge in [-0.2, -0.15) is 0 Å². The first-order valence-electron chi connectivity index (χ1n) is 3.37. The standard InChI is InChI=1S/C8H7N2O/c1-6-10-7-5-9-4-2-3-8(7)11-6/h2-5H,1H3/q+1. The smallest absolute Gasteiger partial charge is 0.321 e. The third-order valence-corrected chi connectivity index (χ3v) is 1.40. The molecule has 3 nitrogen and oxygen atoms in total. The summed E-state index contributed by atoms with van der Waals surface area (Å²) < 4.78 is 9.24. The zero-order chi connectivity index (χ0) is 7.68. The lowest BCUT2D eigenvalue weighted by Gasteiger charge is -1.78. The molecule has 0 saturated carbocycles. The summed E-state index contributed by atoms with van der Waals surface area (Å²) in [5.41, 5.74) is 0.799. The van der Waals surface area contributed by atoms with Gasteiger partial charge in [0, 0.05) is 13.0 Å². The molecule has 0 aliphatic carbocycles. The molecule has 1 aliphatic heterocycles. The maximum atomic E-state index is 5.28. The van der Waals surface area contributed by atoms with Crippen molar-refractivity contribution in [3.8, 4) is 0 Å². The lowest BCUT2D eigenvalue weighted by molar-refractivity contribution is 0.513. The molecule has 2 rings (SSSR count). The number of nitrogens with zero attached hydrogens (tertiary/aromatic N) is 2. The van der Waals surface area contributed by atoms with Gasteiger partial charge in [0.25, 0.3) is 6.21 Å². The van der Waals surface area contributed by atoms with Crippen molar-refractivity contribution in [1.29, 1.82) is 0 Å². The molecule has 0 fully saturated rings. The zero-order valence-corrected chi connectivity index (χ0v) is 6.11. The lowest BCUT2D eigenvalue weighted by Crippen LogP contribution is -1.85. The molecular weight excluding hydrogens is 140 g/mol. The van der Waals surface area contributed by atoms with Crippen LogP contribution in [0.1, 0.15) is 17.3 Å². The molecule has 2 heterocycles. The fourth-order valence-electron chi connectivity index (χ4n) is 0.965. The molecule has 0 unspecified atom stereocenters. The number of aromatic nitrogens is 1. The van der Waals surface area contributed by atoms with Crippen molar-refractivity contribution in [3.05, 3.63) is 23.4 Å². The molecule has 0 atom stereocenters. The van der Waals surface area contributed by atoms with E-state index in [1.807, 2.05) is 19.1 Å². The van der Waals surface area contributed by atoms with E-state index in [4.69, 9.17) is 4.42 Å². The van der Waals surface area contributed by atoms with Crippen LogP contribution in [0.4, 0.5) is 0 Å². The quantitative estimate of drug-likeness (QED) is 0.503. The number of aryl methyl sites for hydroxylation is 1. The summed E-state index contributed by atoms with van der Waals surface area (Å²) >= 11 is 0. The highest BCUT2D eigenvalue weighted by molar-refractivity contribution is 5.90. The van der Waals surface area contributed by atoms with Gasteiger partial charge in [-0.05, 0) is 6.08 Å². The van der Waals surface area contributed by atoms with E-state index in [0.717, 1.165) is 11.5 Å². The van der Waals surface area contributed by atoms with Crippen LogP contribution in [-0.2, 0) is 0 Å². The van der Waals surface area contributed by atoms with Gasteiger partial charge in [-0.1, -0.05) is 4.67 Å². The fourth-order valence-corrected chi connectivity index (χ4v) is 0.965. The van der Waals surface area contributed by atoms with Gasteiger partial charge in [0.1, 0.15) is 0 Å². The van der Waals surface area contributed by atoms with Crippen LogP contribution in [0.25, 0.3) is 6.08 Å². The topological polar surface area (TPSA) is 40.1 Å². The Kier molecular flexibility index (Phi) is 1.24. The Balaban J connectivity index is 2.66. The molecule has 11 heavy (non-hydrogen) atoms. The molecule has 1 aliphatic rings. The minimum atomic E-state index is 0.674. The second-order valence-corrected chi connectivity index (χ2v) is 2.27. The Labute approximate surface area is 63.8 Å². The van der Waals surface area contributed by atoms with Gasteiger partial charge in [-0.3, -0.25) is 0 Å². The molecule has 0 aromatic carbocycles. The maximum absolute atomic E-state index is 5.28. The van der Waals surface area contributed by atoms with E-state index in [-0.39, 0.29) is 0 Å². The van der Waals surface area contributed by atoms with Crippen molar-refractivity contribution in [2.75, 3.05) is 0 Å². The van der Waals surface area contributed by atoms with E-state index < -0.39 is 0 Å². The predicted molar refractivity (Wildman–Crippen MR) is 43.6 cm³/mol. The largest absolute Gasteiger partial charge is 0.441 e. The van der Waals surface area contributed by atoms with Gasteiger partial charge in [-0.25, -0.2) is 4.98 Å². The highest BCUT2D eigenvalue weighted by Crippen LogP contribution is 2.10. The number of oxazole rings is 1. The summed E-state index contributed by atoms with van der Waals surface area (Å²) in [6.07, 6.45) is 7.06. The van der Waals surface area contributed by atoms with E-state index in [9.17, 15) is 0 Å². The van der Waals surface area contributed by atoms with Crippen LogP contribution in [0, 0.1) is 6.92 Å². The Morgan fingerprint density at radius 1 is 1.55 bits per heavy atom. The number of rotatable bonds is 0. The first kappa shape index (κ1) is 6.13. The number of hydrogen-bond acceptors (Lipinski definition) is 2. The maximum Gasteiger partial charge on any atom is 0.321 e. The molecule has 1 aromatic rings. The van der Waals surface area contributed by atoms with Crippen LogP contribution in [0.2, 0.25) is 0 Å². The summed E-state index contributed by atoms with van der Waals surface area (Å²) in [7, 11) is 0. The van der Waals surface area contributed by atoms with E-state index in [0.29, 0.717) is 5.89 Å². The second kappa shape index (κ2) is 2.22. The molecule has 0 bridgehead atoms. The lowest BCUT2D eigenvalue weighted by atomic mass is 10.3. The molecule has 1 aromatic heterocycles. The van der Waals surface area contributed by atoms with E-state index in [2.05, 4.69) is 9.65 Å². The molecule has 0 amide bonds. The summed E-state index contributed by atoms with van der Waals surface area (Å²) in [6.45, 7) is 1.82. The number of fused-ring (bicyclic) bond motifs is 1. The Morgan fingerprint density at radius 3 is 3.36 bits per heavy atom. The predicted octanol–water partition coefficient (Wildman–Crippen LogP) is 0.567. The zero-order valence-electron chi connectivity index (χ0n) is 6.11. The Morgan fingerprint density at radius 2 is 2.45 bits per heavy atom. The second-order valence-electron chi connectivity index (χ2n) is 2.27. The molecule has 54 valence electrons. The summed E-state index contributed by atoms with van der Waals surface area (Å²) in [5, 5.41) is 0. The van der Waals surface area contributed by atoms with Crippen molar-refractivity contribution < 1.29 is 4.42 Å². The van der Waals surface area contributed by atoms with Crippen LogP contribution in [0.3, 0.4) is 0 Å². The Bertz CT molecular complexity index is 367. The van der Waals surface area contributed by atoms with Gasteiger partial charge in [0.05, 0.1) is 0 Å². The van der Waals surface area contributed by atoms with Gasteiger partial charge < -0.3 is 4.42 Å². The monoisotopic (exact) mass is 147 g/mol. The average Bonchev–Trinajstić information content (AvgIpc) is 2.17. The summed E-state index contributed by atoms with van der Waals surface area (Å²) in [5.74, 6) is 1.45. The van der Waals surface area contributed by atoms with Crippen LogP contribution in [0.15, 0.2) is 10.5 Å². The number of hydrogen-bond donors (Lipinski definition) is 0. The number of allylic oxidation sites excluding steroid dienone is 1. The average molecular weight is 147 g/mol. The van der Waals surface area contributed by atoms with Gasteiger partial charge in [0.2, 0.25) is 0 Å².